The highest BCUT2D eigenvalue weighted by Gasteiger charge is 2.38. The van der Waals surface area contributed by atoms with E-state index in [-0.39, 0.29) is 5.13 Å². The maximum atomic E-state index is 13.4. The summed E-state index contributed by atoms with van der Waals surface area (Å²) in [5.41, 5.74) is -1.76. The average Bonchev–Trinajstić information content (AvgIpc) is 3.24. The van der Waals surface area contributed by atoms with E-state index in [9.17, 15) is 18.0 Å². The number of aromatic amines is 1. The minimum absolute atomic E-state index is 0.164. The maximum absolute atomic E-state index is 13.4. The van der Waals surface area contributed by atoms with Crippen LogP contribution in [0.4, 0.5) is 13.2 Å². The minimum atomic E-state index is -4.69. The van der Waals surface area contributed by atoms with E-state index in [0.717, 1.165) is 59.0 Å². The third-order valence-corrected chi connectivity index (χ3v) is 5.57. The number of aliphatic imine (C=N–C) groups is 1. The van der Waals surface area contributed by atoms with Crippen LogP contribution in [0, 0.1) is 0 Å². The Morgan fingerprint density at radius 3 is 2.62 bits per heavy atom. The third-order valence-electron chi connectivity index (χ3n) is 4.54. The number of alkyl halides is 3. The molecule has 1 aromatic carbocycles. The Balaban J connectivity index is 1.81. The number of unbranched alkanes of at least 4 members (excludes halogenated alkanes) is 5. The Kier molecular flexibility index (Phi) is 6.89. The first-order valence-corrected chi connectivity index (χ1v) is 10.5. The molecule has 0 atom stereocenters. The molecule has 1 N–H and O–H groups in total. The molecule has 9 heteroatoms. The fraction of sp³-hybridized carbons (Fsp3) is 0.450. The molecule has 5 nitrogen and oxygen atoms in total. The molecule has 0 saturated carbocycles. The number of hydrogen-bond donors (Lipinski definition) is 1. The highest BCUT2D eigenvalue weighted by molar-refractivity contribution is 7.20. The first-order valence-electron chi connectivity index (χ1n) is 9.69. The quantitative estimate of drug-likeness (QED) is 0.360. The van der Waals surface area contributed by atoms with Gasteiger partial charge in [0, 0.05) is 12.8 Å². The minimum Gasteiger partial charge on any atom is -0.292 e. The average molecular weight is 424 g/mol. The topological polar surface area (TPSA) is 63.0 Å². The van der Waals surface area contributed by atoms with Crippen molar-refractivity contribution in [3.63, 3.8) is 0 Å². The van der Waals surface area contributed by atoms with Crippen LogP contribution in [0.1, 0.15) is 56.7 Å². The number of para-hydroxylation sites is 1. The third kappa shape index (κ3) is 5.14. The molecule has 0 aliphatic carbocycles. The van der Waals surface area contributed by atoms with E-state index in [1.54, 1.807) is 18.2 Å². The van der Waals surface area contributed by atoms with Gasteiger partial charge in [-0.25, -0.2) is 4.98 Å². The van der Waals surface area contributed by atoms with E-state index >= 15 is 0 Å². The lowest BCUT2D eigenvalue weighted by molar-refractivity contribution is -0.141. The standard InChI is InChI=1S/C20H23F3N4OS/c1-2-3-4-5-6-9-12-24-13-14-17(20(21,22)23)26-27(18(14)28)19-25-15-10-7-8-11-16(15)29-19/h7-8,10-11,13,26H,2-6,9,12H2,1H3. The summed E-state index contributed by atoms with van der Waals surface area (Å²) in [5.74, 6) is 0. The Morgan fingerprint density at radius 2 is 1.90 bits per heavy atom. The second kappa shape index (κ2) is 9.39. The van der Waals surface area contributed by atoms with Gasteiger partial charge in [0.1, 0.15) is 0 Å². The highest BCUT2D eigenvalue weighted by Crippen LogP contribution is 2.30. The van der Waals surface area contributed by atoms with Crippen molar-refractivity contribution in [2.45, 2.75) is 51.6 Å². The molecule has 0 amide bonds. The first-order chi connectivity index (χ1) is 13.9. The molecule has 0 radical (unpaired) electrons. The summed E-state index contributed by atoms with van der Waals surface area (Å²) in [7, 11) is 0. The largest absolute Gasteiger partial charge is 0.433 e. The summed E-state index contributed by atoms with van der Waals surface area (Å²) in [6.07, 6.45) is 2.71. The zero-order valence-corrected chi connectivity index (χ0v) is 16.9. The number of benzene rings is 1. The van der Waals surface area contributed by atoms with Gasteiger partial charge in [-0.3, -0.25) is 14.9 Å². The van der Waals surface area contributed by atoms with Crippen molar-refractivity contribution in [1.82, 2.24) is 14.8 Å². The van der Waals surface area contributed by atoms with E-state index in [1.165, 1.54) is 6.42 Å². The van der Waals surface area contributed by atoms with Gasteiger partial charge in [-0.05, 0) is 18.6 Å². The summed E-state index contributed by atoms with van der Waals surface area (Å²) >= 11 is 1.15. The molecule has 0 aliphatic rings. The van der Waals surface area contributed by atoms with Gasteiger partial charge in [0.2, 0.25) is 5.13 Å². The molecular weight excluding hydrogens is 401 g/mol. The van der Waals surface area contributed by atoms with Crippen molar-refractivity contribution in [3.05, 3.63) is 45.9 Å². The number of aromatic nitrogens is 3. The lowest BCUT2D eigenvalue weighted by Gasteiger charge is -2.03. The lowest BCUT2D eigenvalue weighted by Crippen LogP contribution is -2.17. The molecule has 0 saturated heterocycles. The van der Waals surface area contributed by atoms with Crippen molar-refractivity contribution in [2.75, 3.05) is 6.54 Å². The van der Waals surface area contributed by atoms with Crippen molar-refractivity contribution in [2.24, 2.45) is 4.99 Å². The van der Waals surface area contributed by atoms with Crippen LogP contribution in [0.5, 0.6) is 0 Å². The predicted molar refractivity (Wildman–Crippen MR) is 110 cm³/mol. The van der Waals surface area contributed by atoms with Gasteiger partial charge in [-0.2, -0.15) is 17.9 Å². The van der Waals surface area contributed by atoms with Crippen LogP contribution in [0.25, 0.3) is 15.3 Å². The Labute approximate surface area is 170 Å². The summed E-state index contributed by atoms with van der Waals surface area (Å²) in [6, 6.07) is 7.14. The molecule has 156 valence electrons. The summed E-state index contributed by atoms with van der Waals surface area (Å²) < 4.78 is 42.0. The van der Waals surface area contributed by atoms with Crippen LogP contribution < -0.4 is 5.56 Å². The molecule has 3 rings (SSSR count). The molecule has 0 aliphatic heterocycles. The Morgan fingerprint density at radius 1 is 1.17 bits per heavy atom. The number of halogens is 3. The van der Waals surface area contributed by atoms with Crippen molar-refractivity contribution >= 4 is 27.8 Å². The van der Waals surface area contributed by atoms with Crippen LogP contribution in [-0.2, 0) is 6.18 Å². The number of hydrogen-bond acceptors (Lipinski definition) is 4. The molecule has 2 aromatic heterocycles. The lowest BCUT2D eigenvalue weighted by atomic mass is 10.1. The SMILES string of the molecule is CCCCCCCCN=Cc1c(C(F)(F)F)[nH]n(-c2nc3ccccc3s2)c1=O. The molecule has 0 fully saturated rings. The zero-order chi connectivity index (χ0) is 20.9. The van der Waals surface area contributed by atoms with Gasteiger partial charge in [0.25, 0.3) is 5.56 Å². The Bertz CT molecular complexity index is 999. The molecule has 0 spiro atoms. The molecule has 0 unspecified atom stereocenters. The number of H-pyrrole nitrogens is 1. The molecule has 29 heavy (non-hydrogen) atoms. The van der Waals surface area contributed by atoms with Gasteiger partial charge in [-0.15, -0.1) is 0 Å². The van der Waals surface area contributed by atoms with Crippen LogP contribution in [0.3, 0.4) is 0 Å². The number of rotatable bonds is 9. The van der Waals surface area contributed by atoms with Crippen LogP contribution in [0.2, 0.25) is 0 Å². The monoisotopic (exact) mass is 424 g/mol. The Hall–Kier alpha value is -2.42. The predicted octanol–water partition coefficient (Wildman–Crippen LogP) is 5.57. The van der Waals surface area contributed by atoms with Crippen molar-refractivity contribution < 1.29 is 13.2 Å². The van der Waals surface area contributed by atoms with Gasteiger partial charge < -0.3 is 0 Å². The number of fused-ring (bicyclic) bond motifs is 1. The van der Waals surface area contributed by atoms with Crippen LogP contribution in [0.15, 0.2) is 34.1 Å². The van der Waals surface area contributed by atoms with Crippen molar-refractivity contribution in [3.8, 4) is 5.13 Å². The smallest absolute Gasteiger partial charge is 0.292 e. The second-order valence-corrected chi connectivity index (χ2v) is 7.82. The summed E-state index contributed by atoms with van der Waals surface area (Å²) in [6.45, 7) is 2.54. The molecular formula is C20H23F3N4OS. The zero-order valence-electron chi connectivity index (χ0n) is 16.1. The molecule has 3 aromatic rings. The van der Waals surface area contributed by atoms with Crippen LogP contribution >= 0.6 is 11.3 Å². The fourth-order valence-electron chi connectivity index (χ4n) is 3.02. The maximum Gasteiger partial charge on any atom is 0.433 e. The van der Waals surface area contributed by atoms with Gasteiger partial charge in [-0.1, -0.05) is 62.5 Å². The van der Waals surface area contributed by atoms with E-state index in [4.69, 9.17) is 0 Å². The molecule has 2 heterocycles. The van der Waals surface area contributed by atoms with Gasteiger partial charge in [0.15, 0.2) is 5.69 Å². The van der Waals surface area contributed by atoms with E-state index in [2.05, 4.69) is 22.0 Å². The van der Waals surface area contributed by atoms with Crippen LogP contribution in [-0.4, -0.2) is 27.5 Å². The molecule has 0 bridgehead atoms. The van der Waals surface area contributed by atoms with E-state index < -0.39 is 23.0 Å². The van der Waals surface area contributed by atoms with E-state index in [0.29, 0.717) is 12.1 Å². The summed E-state index contributed by atoms with van der Waals surface area (Å²) in [4.78, 5) is 21.0. The number of thiazole rings is 1. The summed E-state index contributed by atoms with van der Waals surface area (Å²) in [5, 5.41) is 2.34. The normalized spacial score (nSPS) is 12.4. The second-order valence-electron chi connectivity index (χ2n) is 6.81. The first kappa shape index (κ1) is 21.3. The fourth-order valence-corrected chi connectivity index (χ4v) is 3.94. The number of nitrogens with zero attached hydrogens (tertiary/aromatic N) is 3. The number of nitrogens with one attached hydrogen (secondary N) is 1. The van der Waals surface area contributed by atoms with Gasteiger partial charge in [0.05, 0.1) is 15.8 Å². The van der Waals surface area contributed by atoms with E-state index in [1.807, 2.05) is 6.07 Å². The van der Waals surface area contributed by atoms with Gasteiger partial charge >= 0.3 is 6.18 Å². The highest BCUT2D eigenvalue weighted by atomic mass is 32.1. The van der Waals surface area contributed by atoms with Crippen molar-refractivity contribution in [1.29, 1.82) is 0 Å².